The molecular weight excluding hydrogens is 468 g/mol. The molecule has 9 heteroatoms. The van der Waals surface area contributed by atoms with Gasteiger partial charge in [0.2, 0.25) is 0 Å². The SMILES string of the molecule is O=C(Nc1cc(C(=O)N2CCNCC2)ccc1N1CCN(C(=O)c2ccccc2)CC1)c1cccnc1. The second kappa shape index (κ2) is 11.2. The Morgan fingerprint density at radius 2 is 1.41 bits per heavy atom. The smallest absolute Gasteiger partial charge is 0.257 e. The Balaban J connectivity index is 1.36. The highest BCUT2D eigenvalue weighted by Gasteiger charge is 2.25. The van der Waals surface area contributed by atoms with Crippen LogP contribution < -0.4 is 15.5 Å². The number of pyridine rings is 1. The summed E-state index contributed by atoms with van der Waals surface area (Å²) >= 11 is 0. The molecule has 2 saturated heterocycles. The van der Waals surface area contributed by atoms with Gasteiger partial charge in [0.25, 0.3) is 17.7 Å². The zero-order valence-electron chi connectivity index (χ0n) is 20.6. The maximum Gasteiger partial charge on any atom is 0.257 e. The van der Waals surface area contributed by atoms with Crippen molar-refractivity contribution >= 4 is 29.1 Å². The van der Waals surface area contributed by atoms with Gasteiger partial charge in [-0.25, -0.2) is 0 Å². The minimum absolute atomic E-state index is 0.0160. The van der Waals surface area contributed by atoms with Crippen LogP contribution in [0.5, 0.6) is 0 Å². The summed E-state index contributed by atoms with van der Waals surface area (Å²) in [4.78, 5) is 48.9. The minimum Gasteiger partial charge on any atom is -0.366 e. The summed E-state index contributed by atoms with van der Waals surface area (Å²) in [5, 5.41) is 6.26. The van der Waals surface area contributed by atoms with Gasteiger partial charge < -0.3 is 25.3 Å². The maximum absolute atomic E-state index is 13.2. The summed E-state index contributed by atoms with van der Waals surface area (Å²) in [6.07, 6.45) is 3.13. The monoisotopic (exact) mass is 498 g/mol. The molecule has 37 heavy (non-hydrogen) atoms. The number of nitrogens with one attached hydrogen (secondary N) is 2. The molecular formula is C28H30N6O3. The molecule has 1 aromatic heterocycles. The van der Waals surface area contributed by atoms with Gasteiger partial charge in [-0.05, 0) is 42.5 Å². The Bertz CT molecular complexity index is 1250. The largest absolute Gasteiger partial charge is 0.366 e. The third-order valence-corrected chi connectivity index (χ3v) is 6.75. The molecule has 0 atom stereocenters. The van der Waals surface area contributed by atoms with Crippen LogP contribution in [0.2, 0.25) is 0 Å². The molecule has 0 spiro atoms. The van der Waals surface area contributed by atoms with E-state index in [1.165, 1.54) is 6.20 Å². The predicted octanol–water partition coefficient (Wildman–Crippen LogP) is 2.34. The summed E-state index contributed by atoms with van der Waals surface area (Å²) in [6.45, 7) is 5.17. The quantitative estimate of drug-likeness (QED) is 0.561. The highest BCUT2D eigenvalue weighted by molar-refractivity contribution is 6.07. The van der Waals surface area contributed by atoms with Gasteiger partial charge in [0, 0.05) is 75.9 Å². The summed E-state index contributed by atoms with van der Waals surface area (Å²) in [5.41, 5.74) is 3.03. The number of hydrogen-bond acceptors (Lipinski definition) is 6. The number of piperazine rings is 2. The second-order valence-corrected chi connectivity index (χ2v) is 9.12. The van der Waals surface area contributed by atoms with Gasteiger partial charge in [0.15, 0.2) is 0 Å². The van der Waals surface area contributed by atoms with Crippen molar-refractivity contribution in [3.8, 4) is 0 Å². The molecule has 0 radical (unpaired) electrons. The van der Waals surface area contributed by atoms with E-state index in [2.05, 4.69) is 20.5 Å². The van der Waals surface area contributed by atoms with Gasteiger partial charge in [-0.3, -0.25) is 19.4 Å². The first-order chi connectivity index (χ1) is 18.1. The van der Waals surface area contributed by atoms with E-state index in [4.69, 9.17) is 0 Å². The number of benzene rings is 2. The average molecular weight is 499 g/mol. The van der Waals surface area contributed by atoms with Crippen molar-refractivity contribution in [2.45, 2.75) is 0 Å². The lowest BCUT2D eigenvalue weighted by Crippen LogP contribution is -2.49. The van der Waals surface area contributed by atoms with E-state index in [0.717, 1.165) is 18.8 Å². The van der Waals surface area contributed by atoms with E-state index in [1.54, 1.807) is 24.4 Å². The van der Waals surface area contributed by atoms with Gasteiger partial charge in [0.1, 0.15) is 0 Å². The molecule has 3 heterocycles. The summed E-state index contributed by atoms with van der Waals surface area (Å²) in [6, 6.07) is 18.2. The zero-order valence-corrected chi connectivity index (χ0v) is 20.6. The first-order valence-corrected chi connectivity index (χ1v) is 12.5. The molecule has 0 unspecified atom stereocenters. The third-order valence-electron chi connectivity index (χ3n) is 6.75. The van der Waals surface area contributed by atoms with E-state index in [-0.39, 0.29) is 17.7 Å². The van der Waals surface area contributed by atoms with Gasteiger partial charge >= 0.3 is 0 Å². The lowest BCUT2D eigenvalue weighted by atomic mass is 10.1. The number of amides is 3. The van der Waals surface area contributed by atoms with Crippen LogP contribution in [-0.2, 0) is 0 Å². The number of rotatable bonds is 5. The first kappa shape index (κ1) is 24.5. The molecule has 190 valence electrons. The highest BCUT2D eigenvalue weighted by atomic mass is 16.2. The molecule has 0 bridgehead atoms. The first-order valence-electron chi connectivity index (χ1n) is 12.5. The van der Waals surface area contributed by atoms with Gasteiger partial charge in [-0.1, -0.05) is 18.2 Å². The Morgan fingerprint density at radius 3 is 2.11 bits per heavy atom. The molecule has 2 aliphatic rings. The van der Waals surface area contributed by atoms with Crippen LogP contribution in [0.25, 0.3) is 0 Å². The van der Waals surface area contributed by atoms with Crippen molar-refractivity contribution in [1.29, 1.82) is 0 Å². The number of nitrogens with zero attached hydrogens (tertiary/aromatic N) is 4. The topological polar surface area (TPSA) is 97.9 Å². The normalized spacial score (nSPS) is 15.8. The Hall–Kier alpha value is -4.24. The van der Waals surface area contributed by atoms with E-state index in [0.29, 0.717) is 61.6 Å². The van der Waals surface area contributed by atoms with Crippen molar-refractivity contribution in [3.05, 3.63) is 89.7 Å². The Morgan fingerprint density at radius 1 is 0.730 bits per heavy atom. The fourth-order valence-corrected chi connectivity index (χ4v) is 4.70. The van der Waals surface area contributed by atoms with E-state index in [9.17, 15) is 14.4 Å². The Kier molecular flexibility index (Phi) is 7.41. The van der Waals surface area contributed by atoms with Crippen LogP contribution >= 0.6 is 0 Å². The maximum atomic E-state index is 13.2. The molecule has 2 N–H and O–H groups in total. The van der Waals surface area contributed by atoms with E-state index >= 15 is 0 Å². The zero-order chi connectivity index (χ0) is 25.6. The molecule has 0 aliphatic carbocycles. The highest BCUT2D eigenvalue weighted by Crippen LogP contribution is 2.30. The van der Waals surface area contributed by atoms with Crippen LogP contribution in [-0.4, -0.2) is 84.9 Å². The van der Waals surface area contributed by atoms with Crippen LogP contribution in [0.1, 0.15) is 31.1 Å². The molecule has 5 rings (SSSR count). The second-order valence-electron chi connectivity index (χ2n) is 9.12. The minimum atomic E-state index is -0.293. The average Bonchev–Trinajstić information content (AvgIpc) is 2.98. The Labute approximate surface area is 216 Å². The van der Waals surface area contributed by atoms with Gasteiger partial charge in [0.05, 0.1) is 16.9 Å². The third kappa shape index (κ3) is 5.62. The number of carbonyl (C=O) groups is 3. The van der Waals surface area contributed by atoms with Gasteiger partial charge in [-0.2, -0.15) is 0 Å². The number of anilines is 2. The van der Waals surface area contributed by atoms with Gasteiger partial charge in [-0.15, -0.1) is 0 Å². The van der Waals surface area contributed by atoms with Crippen molar-refractivity contribution in [2.75, 3.05) is 62.6 Å². The van der Waals surface area contributed by atoms with E-state index < -0.39 is 0 Å². The summed E-state index contributed by atoms with van der Waals surface area (Å²) in [7, 11) is 0. The summed E-state index contributed by atoms with van der Waals surface area (Å²) < 4.78 is 0. The van der Waals surface area contributed by atoms with Crippen LogP contribution in [0.15, 0.2) is 73.1 Å². The van der Waals surface area contributed by atoms with Crippen molar-refractivity contribution < 1.29 is 14.4 Å². The molecule has 2 fully saturated rings. The van der Waals surface area contributed by atoms with Crippen molar-refractivity contribution in [1.82, 2.24) is 20.1 Å². The number of aromatic nitrogens is 1. The standard InChI is InChI=1S/C28H30N6O3/c35-26(23-7-4-10-30-20-23)31-24-19-22(28(37)33-13-11-29-12-14-33)8-9-25(24)32-15-17-34(18-16-32)27(36)21-5-2-1-3-6-21/h1-10,19-20,29H,11-18H2,(H,31,35). The van der Waals surface area contributed by atoms with Crippen molar-refractivity contribution in [2.24, 2.45) is 0 Å². The van der Waals surface area contributed by atoms with Crippen LogP contribution in [0, 0.1) is 0 Å². The molecule has 2 aliphatic heterocycles. The van der Waals surface area contributed by atoms with E-state index in [1.807, 2.05) is 52.3 Å². The fraction of sp³-hybridized carbons (Fsp3) is 0.286. The van der Waals surface area contributed by atoms with Crippen molar-refractivity contribution in [3.63, 3.8) is 0 Å². The lowest BCUT2D eigenvalue weighted by Gasteiger charge is -2.37. The summed E-state index contributed by atoms with van der Waals surface area (Å²) in [5.74, 6) is -0.329. The lowest BCUT2D eigenvalue weighted by molar-refractivity contribution is 0.0731. The molecule has 3 aromatic rings. The number of hydrogen-bond donors (Lipinski definition) is 2. The molecule has 9 nitrogen and oxygen atoms in total. The fourth-order valence-electron chi connectivity index (χ4n) is 4.70. The predicted molar refractivity (Wildman–Crippen MR) is 142 cm³/mol. The molecule has 0 saturated carbocycles. The molecule has 2 aromatic carbocycles. The molecule has 3 amide bonds. The van der Waals surface area contributed by atoms with Crippen LogP contribution in [0.3, 0.4) is 0 Å². The number of carbonyl (C=O) groups excluding carboxylic acids is 3. The van der Waals surface area contributed by atoms with Crippen LogP contribution in [0.4, 0.5) is 11.4 Å².